The third-order valence-corrected chi connectivity index (χ3v) is 3.41. The smallest absolute Gasteiger partial charge is 0.195 e. The van der Waals surface area contributed by atoms with Crippen LogP contribution in [0.2, 0.25) is 0 Å². The predicted molar refractivity (Wildman–Crippen MR) is 70.5 cm³/mol. The molecule has 1 N–H and O–H groups in total. The topological polar surface area (TPSA) is 38.1 Å². The molecule has 0 spiro atoms. The lowest BCUT2D eigenvalue weighted by atomic mass is 10.1. The normalized spacial score (nSPS) is 19.2. The van der Waals surface area contributed by atoms with Crippen LogP contribution in [0.1, 0.15) is 30.1 Å². The van der Waals surface area contributed by atoms with Crippen LogP contribution < -0.4 is 5.32 Å². The van der Waals surface area contributed by atoms with Crippen LogP contribution in [0.25, 0.3) is 0 Å². The second-order valence-electron chi connectivity index (χ2n) is 4.88. The molecule has 3 heteroatoms. The number of oxazole rings is 1. The summed E-state index contributed by atoms with van der Waals surface area (Å²) in [4.78, 5) is 4.37. The van der Waals surface area contributed by atoms with Gasteiger partial charge in [0, 0.05) is 18.9 Å². The fraction of sp³-hybridized carbons (Fsp3) is 0.400. The summed E-state index contributed by atoms with van der Waals surface area (Å²) in [7, 11) is 0. The Morgan fingerprint density at radius 1 is 1.28 bits per heavy atom. The van der Waals surface area contributed by atoms with Crippen molar-refractivity contribution in [3.05, 3.63) is 53.7 Å². The van der Waals surface area contributed by atoms with Crippen molar-refractivity contribution in [1.29, 1.82) is 0 Å². The summed E-state index contributed by atoms with van der Waals surface area (Å²) in [5, 5.41) is 3.46. The largest absolute Gasteiger partial charge is 0.445 e. The molecule has 0 bridgehead atoms. The van der Waals surface area contributed by atoms with Crippen LogP contribution in [-0.2, 0) is 12.8 Å². The summed E-state index contributed by atoms with van der Waals surface area (Å²) >= 11 is 0. The SMILES string of the molecule is c1ccc(Cc2cnc(CC3CCCN3)o2)cc1. The standard InChI is InChI=1S/C15H18N2O/c1-2-5-12(6-3-1)9-14-11-17-15(18-14)10-13-7-4-8-16-13/h1-3,5-6,11,13,16H,4,7-10H2. The van der Waals surface area contributed by atoms with Crippen molar-refractivity contribution in [3.8, 4) is 0 Å². The quantitative estimate of drug-likeness (QED) is 0.895. The molecule has 0 amide bonds. The Bertz CT molecular complexity index is 486. The van der Waals surface area contributed by atoms with E-state index in [1.54, 1.807) is 0 Å². The monoisotopic (exact) mass is 242 g/mol. The number of hydrogen-bond donors (Lipinski definition) is 1. The zero-order chi connectivity index (χ0) is 12.2. The highest BCUT2D eigenvalue weighted by atomic mass is 16.4. The number of hydrogen-bond acceptors (Lipinski definition) is 3. The Kier molecular flexibility index (Phi) is 3.42. The first-order chi connectivity index (χ1) is 8.90. The summed E-state index contributed by atoms with van der Waals surface area (Å²) < 4.78 is 5.80. The first-order valence-electron chi connectivity index (χ1n) is 6.61. The second kappa shape index (κ2) is 5.36. The van der Waals surface area contributed by atoms with Crippen LogP contribution in [0.5, 0.6) is 0 Å². The van der Waals surface area contributed by atoms with Crippen LogP contribution in [-0.4, -0.2) is 17.6 Å². The van der Waals surface area contributed by atoms with Crippen molar-refractivity contribution in [1.82, 2.24) is 10.3 Å². The number of nitrogens with one attached hydrogen (secondary N) is 1. The summed E-state index contributed by atoms with van der Waals surface area (Å²) in [6, 6.07) is 10.9. The van der Waals surface area contributed by atoms with E-state index in [1.807, 2.05) is 12.3 Å². The van der Waals surface area contributed by atoms with Gasteiger partial charge in [0.15, 0.2) is 5.89 Å². The molecule has 18 heavy (non-hydrogen) atoms. The molecule has 3 rings (SSSR count). The molecule has 0 radical (unpaired) electrons. The van der Waals surface area contributed by atoms with Crippen molar-refractivity contribution in [2.45, 2.75) is 31.7 Å². The third-order valence-electron chi connectivity index (χ3n) is 3.41. The molecule has 1 aliphatic heterocycles. The molecule has 3 nitrogen and oxygen atoms in total. The Morgan fingerprint density at radius 3 is 2.94 bits per heavy atom. The molecular formula is C15H18N2O. The van der Waals surface area contributed by atoms with Crippen LogP contribution in [0, 0.1) is 0 Å². The molecule has 1 aromatic carbocycles. The summed E-state index contributed by atoms with van der Waals surface area (Å²) in [6.07, 6.45) is 6.09. The van der Waals surface area contributed by atoms with Crippen LogP contribution in [0.15, 0.2) is 40.9 Å². The lowest BCUT2D eigenvalue weighted by Crippen LogP contribution is -2.23. The van der Waals surface area contributed by atoms with E-state index >= 15 is 0 Å². The van der Waals surface area contributed by atoms with Crippen molar-refractivity contribution in [2.24, 2.45) is 0 Å². The average Bonchev–Trinajstić information content (AvgIpc) is 3.03. The van der Waals surface area contributed by atoms with Gasteiger partial charge in [-0.05, 0) is 24.9 Å². The van der Waals surface area contributed by atoms with E-state index in [1.165, 1.54) is 18.4 Å². The van der Waals surface area contributed by atoms with E-state index in [0.29, 0.717) is 6.04 Å². The Hall–Kier alpha value is -1.61. The van der Waals surface area contributed by atoms with E-state index < -0.39 is 0 Å². The van der Waals surface area contributed by atoms with Gasteiger partial charge in [0.25, 0.3) is 0 Å². The van der Waals surface area contributed by atoms with E-state index in [2.05, 4.69) is 34.6 Å². The van der Waals surface area contributed by atoms with Gasteiger partial charge in [-0.3, -0.25) is 0 Å². The molecule has 0 aliphatic carbocycles. The van der Waals surface area contributed by atoms with Crippen molar-refractivity contribution in [3.63, 3.8) is 0 Å². The Labute approximate surface area is 107 Å². The second-order valence-corrected chi connectivity index (χ2v) is 4.88. The maximum absolute atomic E-state index is 5.80. The summed E-state index contributed by atoms with van der Waals surface area (Å²) in [5.41, 5.74) is 1.26. The average molecular weight is 242 g/mol. The molecule has 1 fully saturated rings. The zero-order valence-electron chi connectivity index (χ0n) is 10.4. The van der Waals surface area contributed by atoms with Gasteiger partial charge < -0.3 is 9.73 Å². The minimum absolute atomic E-state index is 0.549. The molecule has 1 aromatic heterocycles. The van der Waals surface area contributed by atoms with E-state index in [4.69, 9.17) is 4.42 Å². The lowest BCUT2D eigenvalue weighted by Gasteiger charge is -2.05. The maximum atomic E-state index is 5.80. The van der Waals surface area contributed by atoms with Crippen LogP contribution >= 0.6 is 0 Å². The fourth-order valence-electron chi connectivity index (χ4n) is 2.46. The summed E-state index contributed by atoms with van der Waals surface area (Å²) in [6.45, 7) is 1.13. The van der Waals surface area contributed by atoms with E-state index in [9.17, 15) is 0 Å². The molecule has 2 aromatic rings. The number of benzene rings is 1. The van der Waals surface area contributed by atoms with Gasteiger partial charge in [0.1, 0.15) is 5.76 Å². The molecule has 1 unspecified atom stereocenters. The van der Waals surface area contributed by atoms with Crippen LogP contribution in [0.3, 0.4) is 0 Å². The Morgan fingerprint density at radius 2 is 2.17 bits per heavy atom. The van der Waals surface area contributed by atoms with Crippen molar-refractivity contribution < 1.29 is 4.42 Å². The first kappa shape index (κ1) is 11.5. The summed E-state index contributed by atoms with van der Waals surface area (Å²) in [5.74, 6) is 1.81. The highest BCUT2D eigenvalue weighted by molar-refractivity contribution is 5.19. The maximum Gasteiger partial charge on any atom is 0.195 e. The molecule has 1 aliphatic rings. The molecular weight excluding hydrogens is 224 g/mol. The van der Waals surface area contributed by atoms with Gasteiger partial charge in [0.2, 0.25) is 0 Å². The van der Waals surface area contributed by atoms with E-state index in [0.717, 1.165) is 31.0 Å². The number of nitrogens with zero attached hydrogens (tertiary/aromatic N) is 1. The van der Waals surface area contributed by atoms with E-state index in [-0.39, 0.29) is 0 Å². The van der Waals surface area contributed by atoms with Gasteiger partial charge >= 0.3 is 0 Å². The molecule has 1 atom stereocenters. The van der Waals surface area contributed by atoms with Gasteiger partial charge in [-0.2, -0.15) is 0 Å². The molecule has 1 saturated heterocycles. The highest BCUT2D eigenvalue weighted by Crippen LogP contribution is 2.14. The minimum Gasteiger partial charge on any atom is -0.445 e. The zero-order valence-corrected chi connectivity index (χ0v) is 10.4. The fourth-order valence-corrected chi connectivity index (χ4v) is 2.46. The number of aromatic nitrogens is 1. The van der Waals surface area contributed by atoms with Gasteiger partial charge in [-0.25, -0.2) is 4.98 Å². The first-order valence-corrected chi connectivity index (χ1v) is 6.61. The minimum atomic E-state index is 0.549. The lowest BCUT2D eigenvalue weighted by molar-refractivity contribution is 0.433. The molecule has 0 saturated carbocycles. The number of rotatable bonds is 4. The van der Waals surface area contributed by atoms with Gasteiger partial charge in [0.05, 0.1) is 6.20 Å². The predicted octanol–water partition coefficient (Wildman–Crippen LogP) is 2.56. The van der Waals surface area contributed by atoms with Gasteiger partial charge in [-0.1, -0.05) is 30.3 Å². The molecule has 2 heterocycles. The van der Waals surface area contributed by atoms with Crippen LogP contribution in [0.4, 0.5) is 0 Å². The third kappa shape index (κ3) is 2.79. The molecule has 94 valence electrons. The highest BCUT2D eigenvalue weighted by Gasteiger charge is 2.17. The van der Waals surface area contributed by atoms with Crippen molar-refractivity contribution in [2.75, 3.05) is 6.54 Å². The van der Waals surface area contributed by atoms with Gasteiger partial charge in [-0.15, -0.1) is 0 Å². The Balaban J connectivity index is 1.62. The van der Waals surface area contributed by atoms with Crippen molar-refractivity contribution >= 4 is 0 Å².